The third-order valence-electron chi connectivity index (χ3n) is 2.01. The minimum Gasteiger partial charge on any atom is -0.465 e. The molecule has 0 aromatic rings. The van der Waals surface area contributed by atoms with E-state index in [0.717, 1.165) is 0 Å². The molecule has 0 aliphatic heterocycles. The highest BCUT2D eigenvalue weighted by Gasteiger charge is 2.17. The average Bonchev–Trinajstić information content (AvgIpc) is 2.26. The van der Waals surface area contributed by atoms with E-state index >= 15 is 0 Å². The van der Waals surface area contributed by atoms with Crippen LogP contribution in [0.15, 0.2) is 0 Å². The van der Waals surface area contributed by atoms with Crippen LogP contribution in [0.25, 0.3) is 0 Å². The SMILES string of the molecule is CCOC(=O)[C@@H](N)CCC(OCC)OCC. The molecular formula is C11H23NO4. The zero-order valence-corrected chi connectivity index (χ0v) is 10.4. The fraction of sp³-hybridized carbons (Fsp3) is 0.909. The fourth-order valence-electron chi connectivity index (χ4n) is 1.27. The topological polar surface area (TPSA) is 70.8 Å². The third kappa shape index (κ3) is 6.76. The fourth-order valence-corrected chi connectivity index (χ4v) is 1.27. The van der Waals surface area contributed by atoms with Gasteiger partial charge in [0, 0.05) is 19.6 Å². The van der Waals surface area contributed by atoms with E-state index in [9.17, 15) is 4.79 Å². The van der Waals surface area contributed by atoms with Crippen LogP contribution < -0.4 is 5.73 Å². The maximum atomic E-state index is 11.2. The molecule has 5 heteroatoms. The molecule has 0 radical (unpaired) electrons. The summed E-state index contributed by atoms with van der Waals surface area (Å²) in [7, 11) is 0. The minimum atomic E-state index is -0.594. The second-order valence-corrected chi connectivity index (χ2v) is 3.28. The van der Waals surface area contributed by atoms with Gasteiger partial charge in [0.05, 0.1) is 6.61 Å². The van der Waals surface area contributed by atoms with E-state index in [1.165, 1.54) is 0 Å². The van der Waals surface area contributed by atoms with Crippen LogP contribution in [0.1, 0.15) is 33.6 Å². The van der Waals surface area contributed by atoms with Crippen molar-refractivity contribution in [3.05, 3.63) is 0 Å². The van der Waals surface area contributed by atoms with E-state index in [-0.39, 0.29) is 12.3 Å². The van der Waals surface area contributed by atoms with E-state index in [1.54, 1.807) is 6.92 Å². The predicted octanol–water partition coefficient (Wildman–Crippen LogP) is 1.06. The van der Waals surface area contributed by atoms with Gasteiger partial charge in [0.15, 0.2) is 6.29 Å². The Balaban J connectivity index is 3.84. The first-order valence-electron chi connectivity index (χ1n) is 5.81. The number of esters is 1. The molecule has 0 saturated heterocycles. The van der Waals surface area contributed by atoms with Gasteiger partial charge in [-0.25, -0.2) is 0 Å². The summed E-state index contributed by atoms with van der Waals surface area (Å²) in [6, 6.07) is -0.594. The van der Waals surface area contributed by atoms with Crippen molar-refractivity contribution in [1.29, 1.82) is 0 Å². The maximum absolute atomic E-state index is 11.2. The third-order valence-corrected chi connectivity index (χ3v) is 2.01. The van der Waals surface area contributed by atoms with Crippen LogP contribution in [0.2, 0.25) is 0 Å². The van der Waals surface area contributed by atoms with Gasteiger partial charge in [-0.2, -0.15) is 0 Å². The van der Waals surface area contributed by atoms with Gasteiger partial charge in [-0.3, -0.25) is 4.79 Å². The molecule has 0 amide bonds. The summed E-state index contributed by atoms with van der Waals surface area (Å²) in [5.74, 6) is -0.366. The second-order valence-electron chi connectivity index (χ2n) is 3.28. The van der Waals surface area contributed by atoms with Gasteiger partial charge in [0.1, 0.15) is 6.04 Å². The Morgan fingerprint density at radius 1 is 1.06 bits per heavy atom. The Morgan fingerprint density at radius 2 is 1.62 bits per heavy atom. The molecule has 5 nitrogen and oxygen atoms in total. The Morgan fingerprint density at radius 3 is 2.06 bits per heavy atom. The number of ether oxygens (including phenoxy) is 3. The van der Waals surface area contributed by atoms with Crippen LogP contribution in [-0.2, 0) is 19.0 Å². The highest BCUT2D eigenvalue weighted by atomic mass is 16.7. The highest BCUT2D eigenvalue weighted by molar-refractivity contribution is 5.75. The van der Waals surface area contributed by atoms with Crippen LogP contribution in [0.4, 0.5) is 0 Å². The summed E-state index contributed by atoms with van der Waals surface area (Å²) in [5, 5.41) is 0. The van der Waals surface area contributed by atoms with E-state index in [4.69, 9.17) is 19.9 Å². The van der Waals surface area contributed by atoms with Crippen LogP contribution >= 0.6 is 0 Å². The lowest BCUT2D eigenvalue weighted by atomic mass is 10.1. The van der Waals surface area contributed by atoms with Crippen molar-refractivity contribution >= 4 is 5.97 Å². The summed E-state index contributed by atoms with van der Waals surface area (Å²) in [6.45, 7) is 7.08. The molecule has 1 atom stereocenters. The van der Waals surface area contributed by atoms with E-state index in [0.29, 0.717) is 32.7 Å². The largest absolute Gasteiger partial charge is 0.465 e. The zero-order chi connectivity index (χ0) is 12.4. The van der Waals surface area contributed by atoms with Gasteiger partial charge in [-0.1, -0.05) is 0 Å². The monoisotopic (exact) mass is 233 g/mol. The van der Waals surface area contributed by atoms with E-state index in [2.05, 4.69) is 0 Å². The van der Waals surface area contributed by atoms with Gasteiger partial charge in [0.2, 0.25) is 0 Å². The normalized spacial score (nSPS) is 12.8. The van der Waals surface area contributed by atoms with Gasteiger partial charge < -0.3 is 19.9 Å². The second kappa shape index (κ2) is 9.57. The smallest absolute Gasteiger partial charge is 0.322 e. The Labute approximate surface area is 97.2 Å². The lowest BCUT2D eigenvalue weighted by Crippen LogP contribution is -2.33. The number of hydrogen-bond acceptors (Lipinski definition) is 5. The van der Waals surface area contributed by atoms with Crippen molar-refractivity contribution in [2.45, 2.75) is 45.9 Å². The Bertz CT molecular complexity index is 181. The molecule has 0 bridgehead atoms. The number of nitrogens with two attached hydrogens (primary N) is 1. The first-order valence-corrected chi connectivity index (χ1v) is 5.81. The van der Waals surface area contributed by atoms with Crippen LogP contribution in [0, 0.1) is 0 Å². The molecule has 0 fully saturated rings. The van der Waals surface area contributed by atoms with Gasteiger partial charge >= 0.3 is 5.97 Å². The van der Waals surface area contributed by atoms with Crippen molar-refractivity contribution < 1.29 is 19.0 Å². The molecule has 0 aliphatic rings. The summed E-state index contributed by atoms with van der Waals surface area (Å²) in [5.41, 5.74) is 5.66. The lowest BCUT2D eigenvalue weighted by molar-refractivity contribution is -0.149. The highest BCUT2D eigenvalue weighted by Crippen LogP contribution is 2.07. The molecule has 0 aromatic heterocycles. The first-order chi connectivity index (χ1) is 7.65. The van der Waals surface area contributed by atoms with Crippen molar-refractivity contribution in [2.24, 2.45) is 5.73 Å². The van der Waals surface area contributed by atoms with Gasteiger partial charge in [-0.05, 0) is 27.2 Å². The molecule has 0 aliphatic carbocycles. The van der Waals surface area contributed by atoms with Crippen LogP contribution in [0.5, 0.6) is 0 Å². The van der Waals surface area contributed by atoms with E-state index in [1.807, 2.05) is 13.8 Å². The zero-order valence-electron chi connectivity index (χ0n) is 10.4. The van der Waals surface area contributed by atoms with Crippen molar-refractivity contribution in [3.8, 4) is 0 Å². The molecule has 0 unspecified atom stereocenters. The number of rotatable bonds is 9. The molecule has 0 rings (SSSR count). The summed E-state index contributed by atoms with van der Waals surface area (Å²) in [4.78, 5) is 11.2. The summed E-state index contributed by atoms with van der Waals surface area (Å²) < 4.78 is 15.5. The van der Waals surface area contributed by atoms with Crippen LogP contribution in [-0.4, -0.2) is 38.1 Å². The minimum absolute atomic E-state index is 0.282. The summed E-state index contributed by atoms with van der Waals surface area (Å²) in [6.07, 6.45) is 0.820. The van der Waals surface area contributed by atoms with Crippen molar-refractivity contribution in [2.75, 3.05) is 19.8 Å². The molecule has 16 heavy (non-hydrogen) atoms. The quantitative estimate of drug-likeness (QED) is 0.476. The maximum Gasteiger partial charge on any atom is 0.322 e. The number of hydrogen-bond donors (Lipinski definition) is 1. The molecule has 0 aromatic carbocycles. The first kappa shape index (κ1) is 15.3. The standard InChI is InChI=1S/C11H23NO4/c1-4-14-10(15-5-2)8-7-9(12)11(13)16-6-3/h9-10H,4-8,12H2,1-3H3/t9-/m0/s1. The Kier molecular flexibility index (Phi) is 9.18. The van der Waals surface area contributed by atoms with Crippen LogP contribution in [0.3, 0.4) is 0 Å². The summed E-state index contributed by atoms with van der Waals surface area (Å²) >= 11 is 0. The molecule has 0 saturated carbocycles. The molecule has 0 spiro atoms. The predicted molar refractivity (Wildman–Crippen MR) is 60.9 cm³/mol. The van der Waals surface area contributed by atoms with Gasteiger partial charge in [0.25, 0.3) is 0 Å². The van der Waals surface area contributed by atoms with E-state index < -0.39 is 6.04 Å². The molecule has 2 N–H and O–H groups in total. The molecule has 0 heterocycles. The van der Waals surface area contributed by atoms with Crippen molar-refractivity contribution in [1.82, 2.24) is 0 Å². The van der Waals surface area contributed by atoms with Crippen molar-refractivity contribution in [3.63, 3.8) is 0 Å². The van der Waals surface area contributed by atoms with Gasteiger partial charge in [-0.15, -0.1) is 0 Å². The molecular weight excluding hydrogens is 210 g/mol. The lowest BCUT2D eigenvalue weighted by Gasteiger charge is -2.18. The average molecular weight is 233 g/mol. The number of carbonyl (C=O) groups excluding carboxylic acids is 1. The molecule has 96 valence electrons. The number of carbonyl (C=O) groups is 1. The Hall–Kier alpha value is -0.650.